The predicted molar refractivity (Wildman–Crippen MR) is 65.2 cm³/mol. The third-order valence-corrected chi connectivity index (χ3v) is 2.72. The molecule has 106 valence electrons. The van der Waals surface area contributed by atoms with Crippen molar-refractivity contribution in [2.45, 2.75) is 12.3 Å². The molecule has 0 saturated heterocycles. The number of aromatic hydroxyl groups is 1. The van der Waals surface area contributed by atoms with Gasteiger partial charge in [-0.1, -0.05) is 24.3 Å². The third-order valence-electron chi connectivity index (χ3n) is 2.72. The second-order valence-corrected chi connectivity index (χ2v) is 4.06. The number of rotatable bonds is 3. The van der Waals surface area contributed by atoms with Crippen LogP contribution in [0.15, 0.2) is 36.4 Å². The number of hydrogen-bond donors (Lipinski definition) is 2. The van der Waals surface area contributed by atoms with Gasteiger partial charge in [-0.15, -0.1) is 0 Å². The summed E-state index contributed by atoms with van der Waals surface area (Å²) in [5.41, 5.74) is -0.0799. The molecule has 0 fully saturated rings. The number of fused-ring (bicyclic) bond motifs is 1. The molecule has 3 nitrogen and oxygen atoms in total. The molecule has 2 aromatic carbocycles. The minimum atomic E-state index is -4.78. The Kier molecular flexibility index (Phi) is 3.52. The topological polar surface area (TPSA) is 49.3 Å². The Morgan fingerprint density at radius 3 is 2.35 bits per heavy atom. The average Bonchev–Trinajstić information content (AvgIpc) is 2.39. The van der Waals surface area contributed by atoms with Gasteiger partial charge in [-0.2, -0.15) is 8.78 Å². The fourth-order valence-electron chi connectivity index (χ4n) is 1.71. The highest BCUT2D eigenvalue weighted by atomic mass is 19.3. The summed E-state index contributed by atoms with van der Waals surface area (Å²) in [6.07, 6.45) is -4.09. The molecule has 7 heteroatoms. The van der Waals surface area contributed by atoms with Crippen molar-refractivity contribution in [3.8, 4) is 5.75 Å². The van der Waals surface area contributed by atoms with E-state index in [9.17, 15) is 27.5 Å². The highest BCUT2D eigenvalue weighted by molar-refractivity contribution is 6.05. The number of phenols is 1. The van der Waals surface area contributed by atoms with E-state index in [0.717, 1.165) is 0 Å². The average molecular weight is 287 g/mol. The summed E-state index contributed by atoms with van der Waals surface area (Å²) in [5, 5.41) is 11.9. The van der Waals surface area contributed by atoms with Gasteiger partial charge in [0.15, 0.2) is 0 Å². The monoisotopic (exact) mass is 287 g/mol. The molecular weight excluding hydrogens is 278 g/mol. The molecule has 0 unspecified atom stereocenters. The zero-order valence-electron chi connectivity index (χ0n) is 9.91. The normalized spacial score (nSPS) is 11.8. The van der Waals surface area contributed by atoms with Crippen LogP contribution in [0.1, 0.15) is 0 Å². The van der Waals surface area contributed by atoms with Crippen LogP contribution in [-0.2, 0) is 4.79 Å². The molecule has 0 aliphatic rings. The van der Waals surface area contributed by atoms with E-state index in [2.05, 4.69) is 0 Å². The van der Waals surface area contributed by atoms with Gasteiger partial charge in [-0.05, 0) is 12.1 Å². The number of amides is 1. The predicted octanol–water partition coefficient (Wildman–Crippen LogP) is 3.38. The van der Waals surface area contributed by atoms with Gasteiger partial charge in [0.1, 0.15) is 5.75 Å². The van der Waals surface area contributed by atoms with Crippen molar-refractivity contribution in [1.29, 1.82) is 0 Å². The minimum Gasteiger partial charge on any atom is -0.507 e. The Morgan fingerprint density at radius 2 is 1.70 bits per heavy atom. The fraction of sp³-hybridized carbons (Fsp3) is 0.154. The Hall–Kier alpha value is -2.31. The van der Waals surface area contributed by atoms with Crippen molar-refractivity contribution in [2.24, 2.45) is 0 Å². The standard InChI is InChI=1S/C13H9F4NO2/c14-11(15)13(16,17)12(20)18-9-5-1-4-8-7(9)3-2-6-10(8)19/h1-6,11,19H,(H,18,20). The van der Waals surface area contributed by atoms with E-state index in [0.29, 0.717) is 5.39 Å². The van der Waals surface area contributed by atoms with Gasteiger partial charge in [-0.3, -0.25) is 4.79 Å². The number of anilines is 1. The molecule has 0 bridgehead atoms. The molecule has 2 aromatic rings. The molecular formula is C13H9F4NO2. The number of benzene rings is 2. The molecule has 0 radical (unpaired) electrons. The zero-order chi connectivity index (χ0) is 14.9. The van der Waals surface area contributed by atoms with Gasteiger partial charge in [0.25, 0.3) is 0 Å². The quantitative estimate of drug-likeness (QED) is 0.850. The lowest BCUT2D eigenvalue weighted by atomic mass is 10.1. The van der Waals surface area contributed by atoms with E-state index in [1.165, 1.54) is 36.4 Å². The summed E-state index contributed by atoms with van der Waals surface area (Å²) in [7, 11) is 0. The highest BCUT2D eigenvalue weighted by Gasteiger charge is 2.49. The van der Waals surface area contributed by atoms with Crippen LogP contribution < -0.4 is 5.32 Å². The maximum Gasteiger partial charge on any atom is 0.383 e. The SMILES string of the molecule is O=C(Nc1cccc2c(O)cccc12)C(F)(F)C(F)F. The maximum absolute atomic E-state index is 12.9. The van der Waals surface area contributed by atoms with Crippen LogP contribution in [0.4, 0.5) is 23.2 Å². The number of carbonyl (C=O) groups excluding carboxylic acids is 1. The first kappa shape index (κ1) is 14.1. The molecule has 2 rings (SSSR count). The second kappa shape index (κ2) is 4.99. The van der Waals surface area contributed by atoms with Gasteiger partial charge >= 0.3 is 18.3 Å². The molecule has 20 heavy (non-hydrogen) atoms. The van der Waals surface area contributed by atoms with Gasteiger partial charge < -0.3 is 10.4 Å². The summed E-state index contributed by atoms with van der Waals surface area (Å²) in [4.78, 5) is 11.2. The Morgan fingerprint density at radius 1 is 1.10 bits per heavy atom. The van der Waals surface area contributed by atoms with Crippen molar-refractivity contribution < 1.29 is 27.5 Å². The fourth-order valence-corrected chi connectivity index (χ4v) is 1.71. The molecule has 1 amide bonds. The van der Waals surface area contributed by atoms with Gasteiger partial charge in [-0.25, -0.2) is 8.78 Å². The summed E-state index contributed by atoms with van der Waals surface area (Å²) >= 11 is 0. The Labute approximate surface area is 110 Å². The summed E-state index contributed by atoms with van der Waals surface area (Å²) in [6, 6.07) is 8.47. The molecule has 0 aliphatic carbocycles. The first-order valence-corrected chi connectivity index (χ1v) is 5.52. The Balaban J connectivity index is 2.41. The third kappa shape index (κ3) is 2.38. The highest BCUT2D eigenvalue weighted by Crippen LogP contribution is 2.31. The number of phenolic OH excluding ortho intramolecular Hbond substituents is 1. The van der Waals surface area contributed by atoms with Crippen LogP contribution in [0.5, 0.6) is 5.75 Å². The molecule has 0 saturated carbocycles. The molecule has 2 N–H and O–H groups in total. The maximum atomic E-state index is 12.9. The largest absolute Gasteiger partial charge is 0.507 e. The van der Waals surface area contributed by atoms with E-state index < -0.39 is 18.3 Å². The van der Waals surface area contributed by atoms with Gasteiger partial charge in [0.2, 0.25) is 0 Å². The number of halogens is 4. The number of alkyl halides is 4. The van der Waals surface area contributed by atoms with Crippen LogP contribution in [-0.4, -0.2) is 23.4 Å². The van der Waals surface area contributed by atoms with E-state index in [1.807, 2.05) is 0 Å². The summed E-state index contributed by atoms with van der Waals surface area (Å²) < 4.78 is 50.0. The van der Waals surface area contributed by atoms with E-state index in [4.69, 9.17) is 0 Å². The zero-order valence-corrected chi connectivity index (χ0v) is 9.91. The van der Waals surface area contributed by atoms with Crippen LogP contribution >= 0.6 is 0 Å². The number of nitrogens with one attached hydrogen (secondary N) is 1. The lowest BCUT2D eigenvalue weighted by Gasteiger charge is -2.16. The summed E-state index contributed by atoms with van der Waals surface area (Å²) in [5.74, 6) is -6.98. The van der Waals surface area contributed by atoms with E-state index in [-0.39, 0.29) is 16.8 Å². The molecule has 0 aromatic heterocycles. The lowest BCUT2D eigenvalue weighted by Crippen LogP contribution is -2.41. The van der Waals surface area contributed by atoms with Crippen molar-refractivity contribution in [2.75, 3.05) is 5.32 Å². The van der Waals surface area contributed by atoms with Crippen molar-refractivity contribution in [1.82, 2.24) is 0 Å². The van der Waals surface area contributed by atoms with Crippen LogP contribution in [0.2, 0.25) is 0 Å². The Bertz CT molecular complexity index is 658. The van der Waals surface area contributed by atoms with E-state index >= 15 is 0 Å². The first-order valence-electron chi connectivity index (χ1n) is 5.52. The minimum absolute atomic E-state index is 0.0799. The second-order valence-electron chi connectivity index (χ2n) is 4.06. The van der Waals surface area contributed by atoms with Crippen LogP contribution in [0.3, 0.4) is 0 Å². The van der Waals surface area contributed by atoms with Crippen molar-refractivity contribution in [3.63, 3.8) is 0 Å². The van der Waals surface area contributed by atoms with E-state index in [1.54, 1.807) is 5.32 Å². The van der Waals surface area contributed by atoms with Crippen molar-refractivity contribution >= 4 is 22.4 Å². The van der Waals surface area contributed by atoms with Crippen LogP contribution in [0.25, 0.3) is 10.8 Å². The molecule has 0 atom stereocenters. The molecule has 0 aliphatic heterocycles. The molecule has 0 heterocycles. The lowest BCUT2D eigenvalue weighted by molar-refractivity contribution is -0.163. The summed E-state index contributed by atoms with van der Waals surface area (Å²) in [6.45, 7) is 0. The molecule has 0 spiro atoms. The van der Waals surface area contributed by atoms with Gasteiger partial charge in [0, 0.05) is 16.5 Å². The van der Waals surface area contributed by atoms with Crippen molar-refractivity contribution in [3.05, 3.63) is 36.4 Å². The first-order chi connectivity index (χ1) is 9.34. The number of hydrogen-bond acceptors (Lipinski definition) is 2. The van der Waals surface area contributed by atoms with Gasteiger partial charge in [0.05, 0.1) is 0 Å². The number of carbonyl (C=O) groups is 1. The van der Waals surface area contributed by atoms with Crippen LogP contribution in [0, 0.1) is 0 Å². The smallest absolute Gasteiger partial charge is 0.383 e.